The molecule has 5 nitrogen and oxygen atoms in total. The molecule has 1 heterocycles. The summed E-state index contributed by atoms with van der Waals surface area (Å²) in [5.41, 5.74) is 1.30. The Labute approximate surface area is 168 Å². The van der Waals surface area contributed by atoms with E-state index in [0.29, 0.717) is 17.3 Å². The topological polar surface area (TPSA) is 61.4 Å². The quantitative estimate of drug-likeness (QED) is 0.766. The highest BCUT2D eigenvalue weighted by atomic mass is 35.5. The van der Waals surface area contributed by atoms with E-state index in [-0.39, 0.29) is 17.5 Å². The lowest BCUT2D eigenvalue weighted by Gasteiger charge is -2.28. The SMILES string of the molecule is CC(=O)Nc1ccc(F)c(C(=O)NCC(c2cccc(Cl)c2)N2CCCC2)c1. The molecule has 148 valence electrons. The Morgan fingerprint density at radius 2 is 1.93 bits per heavy atom. The minimum atomic E-state index is -0.632. The second-order valence-corrected chi connectivity index (χ2v) is 7.34. The summed E-state index contributed by atoms with van der Waals surface area (Å²) < 4.78 is 14.2. The number of rotatable bonds is 6. The van der Waals surface area contributed by atoms with Gasteiger partial charge >= 0.3 is 0 Å². The molecule has 0 radical (unpaired) electrons. The number of halogens is 2. The maximum absolute atomic E-state index is 14.2. The van der Waals surface area contributed by atoms with Crippen LogP contribution in [0.5, 0.6) is 0 Å². The Morgan fingerprint density at radius 3 is 2.61 bits per heavy atom. The van der Waals surface area contributed by atoms with E-state index in [4.69, 9.17) is 11.6 Å². The number of carbonyl (C=O) groups is 2. The van der Waals surface area contributed by atoms with Crippen molar-refractivity contribution in [2.45, 2.75) is 25.8 Å². The van der Waals surface area contributed by atoms with Crippen molar-refractivity contribution in [2.75, 3.05) is 25.0 Å². The summed E-state index contributed by atoms with van der Waals surface area (Å²) in [5.74, 6) is -1.43. The van der Waals surface area contributed by atoms with E-state index in [1.807, 2.05) is 24.3 Å². The maximum Gasteiger partial charge on any atom is 0.254 e. The van der Waals surface area contributed by atoms with Gasteiger partial charge < -0.3 is 10.6 Å². The largest absolute Gasteiger partial charge is 0.350 e. The fourth-order valence-electron chi connectivity index (χ4n) is 3.49. The molecular weight excluding hydrogens is 381 g/mol. The van der Waals surface area contributed by atoms with Crippen molar-refractivity contribution in [2.24, 2.45) is 0 Å². The molecule has 2 amide bonds. The molecule has 0 aromatic heterocycles. The highest BCUT2D eigenvalue weighted by Crippen LogP contribution is 2.26. The van der Waals surface area contributed by atoms with Crippen LogP contribution in [-0.2, 0) is 4.79 Å². The molecule has 1 fully saturated rings. The Balaban J connectivity index is 1.76. The van der Waals surface area contributed by atoms with Crippen LogP contribution >= 0.6 is 11.6 Å². The predicted molar refractivity (Wildman–Crippen MR) is 108 cm³/mol. The summed E-state index contributed by atoms with van der Waals surface area (Å²) in [5, 5.41) is 6.04. The molecule has 1 aliphatic heterocycles. The average Bonchev–Trinajstić information content (AvgIpc) is 3.17. The standard InChI is InChI=1S/C21H23ClFN3O2/c1-14(27)25-17-7-8-19(23)18(12-17)21(28)24-13-20(26-9-2-3-10-26)15-5-4-6-16(22)11-15/h4-8,11-12,20H,2-3,9-10,13H2,1H3,(H,24,28)(H,25,27). The number of amides is 2. The first-order valence-electron chi connectivity index (χ1n) is 9.29. The minimum Gasteiger partial charge on any atom is -0.350 e. The zero-order valence-electron chi connectivity index (χ0n) is 15.7. The van der Waals surface area contributed by atoms with E-state index in [0.717, 1.165) is 31.5 Å². The first kappa shape index (κ1) is 20.3. The number of carbonyl (C=O) groups excluding carboxylic acids is 2. The summed E-state index contributed by atoms with van der Waals surface area (Å²) in [4.78, 5) is 26.1. The zero-order chi connectivity index (χ0) is 20.1. The van der Waals surface area contributed by atoms with Gasteiger partial charge in [-0.15, -0.1) is 0 Å². The summed E-state index contributed by atoms with van der Waals surface area (Å²) >= 11 is 6.14. The van der Waals surface area contributed by atoms with Crippen molar-refractivity contribution >= 4 is 29.1 Å². The Hall–Kier alpha value is -2.44. The highest BCUT2D eigenvalue weighted by molar-refractivity contribution is 6.30. The number of nitrogens with one attached hydrogen (secondary N) is 2. The molecule has 1 aliphatic rings. The van der Waals surface area contributed by atoms with E-state index in [9.17, 15) is 14.0 Å². The van der Waals surface area contributed by atoms with Crippen LogP contribution in [-0.4, -0.2) is 36.3 Å². The summed E-state index contributed by atoms with van der Waals surface area (Å²) in [6, 6.07) is 11.5. The van der Waals surface area contributed by atoms with Crippen LogP contribution in [0.4, 0.5) is 10.1 Å². The maximum atomic E-state index is 14.2. The van der Waals surface area contributed by atoms with E-state index < -0.39 is 11.7 Å². The van der Waals surface area contributed by atoms with Crippen molar-refractivity contribution < 1.29 is 14.0 Å². The van der Waals surface area contributed by atoms with Gasteiger partial charge in [0.25, 0.3) is 5.91 Å². The van der Waals surface area contributed by atoms with Gasteiger partial charge in [-0.05, 0) is 61.8 Å². The van der Waals surface area contributed by atoms with Crippen LogP contribution in [0, 0.1) is 5.82 Å². The van der Waals surface area contributed by atoms with Crippen LogP contribution in [0.1, 0.15) is 41.7 Å². The fourth-order valence-corrected chi connectivity index (χ4v) is 3.69. The number of benzene rings is 2. The molecule has 2 aromatic carbocycles. The minimum absolute atomic E-state index is 0.0354. The lowest BCUT2D eigenvalue weighted by Crippen LogP contribution is -2.37. The first-order valence-corrected chi connectivity index (χ1v) is 9.66. The lowest BCUT2D eigenvalue weighted by molar-refractivity contribution is -0.114. The average molecular weight is 404 g/mol. The molecule has 28 heavy (non-hydrogen) atoms. The van der Waals surface area contributed by atoms with Gasteiger partial charge in [0.1, 0.15) is 5.82 Å². The van der Waals surface area contributed by atoms with Gasteiger partial charge in [0.05, 0.1) is 11.6 Å². The smallest absolute Gasteiger partial charge is 0.254 e. The number of anilines is 1. The van der Waals surface area contributed by atoms with Crippen LogP contribution in [0.3, 0.4) is 0 Å². The highest BCUT2D eigenvalue weighted by Gasteiger charge is 2.25. The van der Waals surface area contributed by atoms with E-state index >= 15 is 0 Å². The van der Waals surface area contributed by atoms with Gasteiger partial charge in [-0.2, -0.15) is 0 Å². The molecule has 0 spiro atoms. The van der Waals surface area contributed by atoms with Gasteiger partial charge in [-0.1, -0.05) is 23.7 Å². The number of hydrogen-bond acceptors (Lipinski definition) is 3. The Kier molecular flexibility index (Phi) is 6.65. The van der Waals surface area contributed by atoms with Crippen LogP contribution in [0.15, 0.2) is 42.5 Å². The molecule has 0 aliphatic carbocycles. The second kappa shape index (κ2) is 9.17. The molecular formula is C21H23ClFN3O2. The fraction of sp³-hybridized carbons (Fsp3) is 0.333. The first-order chi connectivity index (χ1) is 13.4. The normalized spacial score (nSPS) is 15.2. The molecule has 2 N–H and O–H groups in total. The monoisotopic (exact) mass is 403 g/mol. The van der Waals surface area contributed by atoms with E-state index in [1.54, 1.807) is 0 Å². The van der Waals surface area contributed by atoms with E-state index in [2.05, 4.69) is 15.5 Å². The molecule has 1 saturated heterocycles. The predicted octanol–water partition coefficient (Wildman–Crippen LogP) is 4.00. The van der Waals surface area contributed by atoms with Gasteiger partial charge in [-0.25, -0.2) is 4.39 Å². The molecule has 0 bridgehead atoms. The van der Waals surface area contributed by atoms with Gasteiger partial charge in [0.15, 0.2) is 0 Å². The number of nitrogens with zero attached hydrogens (tertiary/aromatic N) is 1. The van der Waals surface area contributed by atoms with Gasteiger partial charge in [-0.3, -0.25) is 14.5 Å². The third-order valence-electron chi connectivity index (χ3n) is 4.80. The van der Waals surface area contributed by atoms with Crippen LogP contribution in [0.2, 0.25) is 5.02 Å². The summed E-state index contributed by atoms with van der Waals surface area (Å²) in [7, 11) is 0. The Morgan fingerprint density at radius 1 is 1.18 bits per heavy atom. The molecule has 1 unspecified atom stereocenters. The molecule has 7 heteroatoms. The summed E-state index contributed by atoms with van der Waals surface area (Å²) in [6.07, 6.45) is 2.22. The number of hydrogen-bond donors (Lipinski definition) is 2. The third-order valence-corrected chi connectivity index (χ3v) is 5.04. The molecule has 3 rings (SSSR count). The van der Waals surface area contributed by atoms with Crippen LogP contribution in [0.25, 0.3) is 0 Å². The van der Waals surface area contributed by atoms with Crippen LogP contribution < -0.4 is 10.6 Å². The third kappa shape index (κ3) is 5.09. The zero-order valence-corrected chi connectivity index (χ0v) is 16.4. The van der Waals surface area contributed by atoms with Gasteiger partial charge in [0.2, 0.25) is 5.91 Å². The van der Waals surface area contributed by atoms with Crippen molar-refractivity contribution in [3.05, 3.63) is 64.4 Å². The van der Waals surface area contributed by atoms with Crippen molar-refractivity contribution in [3.63, 3.8) is 0 Å². The molecule has 0 saturated carbocycles. The molecule has 2 aromatic rings. The van der Waals surface area contributed by atoms with Gasteiger partial charge in [0, 0.05) is 24.2 Å². The molecule has 1 atom stereocenters. The lowest BCUT2D eigenvalue weighted by atomic mass is 10.1. The van der Waals surface area contributed by atoms with Crippen molar-refractivity contribution in [3.8, 4) is 0 Å². The van der Waals surface area contributed by atoms with Crippen molar-refractivity contribution in [1.29, 1.82) is 0 Å². The van der Waals surface area contributed by atoms with E-state index in [1.165, 1.54) is 25.1 Å². The van der Waals surface area contributed by atoms with Crippen molar-refractivity contribution in [1.82, 2.24) is 10.2 Å². The summed E-state index contributed by atoms with van der Waals surface area (Å²) in [6.45, 7) is 3.58. The second-order valence-electron chi connectivity index (χ2n) is 6.90. The number of likely N-dealkylation sites (tertiary alicyclic amines) is 1. The Bertz CT molecular complexity index is 868.